The minimum atomic E-state index is -3.19. The average molecular weight is 333 g/mol. The molecule has 2 fully saturated rings. The summed E-state index contributed by atoms with van der Waals surface area (Å²) < 4.78 is 24.4. The fraction of sp³-hybridized carbons (Fsp3) is 0.846. The molecule has 0 spiro atoms. The lowest BCUT2D eigenvalue weighted by Crippen LogP contribution is -2.57. The van der Waals surface area contributed by atoms with Crippen LogP contribution in [0.2, 0.25) is 0 Å². The van der Waals surface area contributed by atoms with Crippen molar-refractivity contribution in [3.05, 3.63) is 0 Å². The number of carbonyl (C=O) groups excluding carboxylic acids is 1. The summed E-state index contributed by atoms with van der Waals surface area (Å²) in [4.78, 5) is 14.9. The van der Waals surface area contributed by atoms with Crippen molar-refractivity contribution in [2.45, 2.75) is 32.1 Å². The van der Waals surface area contributed by atoms with Crippen LogP contribution in [0.4, 0.5) is 0 Å². The Bertz CT molecular complexity index is 519. The molecule has 8 heteroatoms. The molecule has 2 aliphatic rings. The highest BCUT2D eigenvalue weighted by atomic mass is 32.2. The van der Waals surface area contributed by atoms with E-state index in [0.29, 0.717) is 39.0 Å². The van der Waals surface area contributed by atoms with E-state index in [1.54, 1.807) is 4.90 Å². The topological polar surface area (TPSA) is 83.7 Å². The Morgan fingerprint density at radius 2 is 1.62 bits per heavy atom. The monoisotopic (exact) mass is 333 g/mol. The quantitative estimate of drug-likeness (QED) is 0.752. The van der Waals surface area contributed by atoms with Gasteiger partial charge in [-0.25, -0.2) is 8.42 Å². The van der Waals surface area contributed by atoms with Crippen molar-refractivity contribution >= 4 is 33.1 Å². The van der Waals surface area contributed by atoms with E-state index in [1.807, 2.05) is 0 Å². The molecule has 2 rings (SSSR count). The summed E-state index contributed by atoms with van der Waals surface area (Å²) in [5, 5.41) is 0. The second-order valence-electron chi connectivity index (χ2n) is 5.96. The molecule has 0 unspecified atom stereocenters. The Hall–Kier alpha value is -0.730. The number of piperazine rings is 1. The van der Waals surface area contributed by atoms with E-state index in [9.17, 15) is 13.2 Å². The standard InChI is InChI=1S/C13H23N3O3S2/c1-21(18,19)16-9-7-15(8-10-16)12(17)13(11(14)20)5-3-2-4-6-13/h2-10H2,1H3,(H2,14,20). The number of rotatable bonds is 3. The molecule has 21 heavy (non-hydrogen) atoms. The first-order valence-corrected chi connectivity index (χ1v) is 9.57. The van der Waals surface area contributed by atoms with Gasteiger partial charge in [-0.3, -0.25) is 4.79 Å². The van der Waals surface area contributed by atoms with Crippen molar-refractivity contribution in [3.8, 4) is 0 Å². The van der Waals surface area contributed by atoms with Crippen LogP contribution in [0.5, 0.6) is 0 Å². The first-order chi connectivity index (χ1) is 9.77. The second kappa shape index (κ2) is 6.18. The Balaban J connectivity index is 2.08. The summed E-state index contributed by atoms with van der Waals surface area (Å²) in [6, 6.07) is 0. The first kappa shape index (κ1) is 16.6. The summed E-state index contributed by atoms with van der Waals surface area (Å²) in [6.07, 6.45) is 5.67. The Morgan fingerprint density at radius 1 is 1.10 bits per heavy atom. The van der Waals surface area contributed by atoms with Gasteiger partial charge >= 0.3 is 0 Å². The highest BCUT2D eigenvalue weighted by Gasteiger charge is 2.45. The predicted molar refractivity (Wildman–Crippen MR) is 85.3 cm³/mol. The fourth-order valence-electron chi connectivity index (χ4n) is 3.25. The largest absolute Gasteiger partial charge is 0.392 e. The molecule has 1 heterocycles. The van der Waals surface area contributed by atoms with Crippen molar-refractivity contribution in [1.82, 2.24) is 9.21 Å². The zero-order chi connectivity index (χ0) is 15.7. The van der Waals surface area contributed by atoms with Gasteiger partial charge in [-0.15, -0.1) is 0 Å². The van der Waals surface area contributed by atoms with Gasteiger partial charge in [0, 0.05) is 26.2 Å². The molecule has 0 aromatic heterocycles. The zero-order valence-electron chi connectivity index (χ0n) is 12.4. The van der Waals surface area contributed by atoms with E-state index in [2.05, 4.69) is 0 Å². The SMILES string of the molecule is CS(=O)(=O)N1CCN(C(=O)C2(C(N)=S)CCCCC2)CC1. The summed E-state index contributed by atoms with van der Waals surface area (Å²) >= 11 is 5.18. The van der Waals surface area contributed by atoms with Gasteiger partial charge in [-0.05, 0) is 12.8 Å². The summed E-state index contributed by atoms with van der Waals surface area (Å²) in [6.45, 7) is 1.52. The second-order valence-corrected chi connectivity index (χ2v) is 8.38. The number of thiocarbonyl (C=S) groups is 1. The normalized spacial score (nSPS) is 23.8. The van der Waals surface area contributed by atoms with E-state index in [4.69, 9.17) is 18.0 Å². The van der Waals surface area contributed by atoms with E-state index in [0.717, 1.165) is 19.3 Å². The molecule has 1 saturated heterocycles. The van der Waals surface area contributed by atoms with E-state index in [1.165, 1.54) is 10.6 Å². The van der Waals surface area contributed by atoms with Crippen LogP contribution >= 0.6 is 12.2 Å². The van der Waals surface area contributed by atoms with Crippen molar-refractivity contribution in [3.63, 3.8) is 0 Å². The first-order valence-electron chi connectivity index (χ1n) is 7.32. The molecule has 120 valence electrons. The maximum Gasteiger partial charge on any atom is 0.235 e. The van der Waals surface area contributed by atoms with Gasteiger partial charge in [0.15, 0.2) is 0 Å². The van der Waals surface area contributed by atoms with Crippen molar-refractivity contribution in [1.29, 1.82) is 0 Å². The lowest BCUT2D eigenvalue weighted by Gasteiger charge is -2.41. The molecule has 6 nitrogen and oxygen atoms in total. The highest BCUT2D eigenvalue weighted by molar-refractivity contribution is 7.88. The molecule has 1 aliphatic heterocycles. The molecule has 1 aliphatic carbocycles. The fourth-order valence-corrected chi connectivity index (χ4v) is 4.36. The van der Waals surface area contributed by atoms with Crippen LogP contribution in [0.1, 0.15) is 32.1 Å². The van der Waals surface area contributed by atoms with Crippen LogP contribution in [-0.4, -0.2) is 61.0 Å². The number of hydrogen-bond donors (Lipinski definition) is 1. The average Bonchev–Trinajstić information content (AvgIpc) is 2.46. The number of nitrogens with zero attached hydrogens (tertiary/aromatic N) is 2. The lowest BCUT2D eigenvalue weighted by atomic mass is 9.72. The molecular weight excluding hydrogens is 310 g/mol. The third-order valence-corrected chi connectivity index (χ3v) is 6.28. The van der Waals surface area contributed by atoms with Crippen LogP contribution in [0.3, 0.4) is 0 Å². The molecule has 0 atom stereocenters. The number of sulfonamides is 1. The van der Waals surface area contributed by atoms with Crippen molar-refractivity contribution in [2.75, 3.05) is 32.4 Å². The molecule has 1 amide bonds. The molecular formula is C13H23N3O3S2. The Labute approximate surface area is 131 Å². The van der Waals surface area contributed by atoms with Crippen molar-refractivity contribution in [2.24, 2.45) is 11.1 Å². The molecule has 0 aromatic carbocycles. The number of nitrogens with two attached hydrogens (primary N) is 1. The van der Waals surface area contributed by atoms with Crippen LogP contribution in [-0.2, 0) is 14.8 Å². The molecule has 1 saturated carbocycles. The van der Waals surface area contributed by atoms with Crippen LogP contribution in [0, 0.1) is 5.41 Å². The third-order valence-electron chi connectivity index (χ3n) is 4.58. The third kappa shape index (κ3) is 3.37. The summed E-state index contributed by atoms with van der Waals surface area (Å²) in [5.41, 5.74) is 5.18. The predicted octanol–water partition coefficient (Wildman–Crippen LogP) is 0.327. The minimum absolute atomic E-state index is 0.0112. The van der Waals surface area contributed by atoms with Gasteiger partial charge in [0.2, 0.25) is 15.9 Å². The van der Waals surface area contributed by atoms with Crippen molar-refractivity contribution < 1.29 is 13.2 Å². The smallest absolute Gasteiger partial charge is 0.235 e. The van der Waals surface area contributed by atoms with Gasteiger partial charge < -0.3 is 10.6 Å². The number of amides is 1. The lowest BCUT2D eigenvalue weighted by molar-refractivity contribution is -0.141. The van der Waals surface area contributed by atoms with Crippen LogP contribution in [0.25, 0.3) is 0 Å². The molecule has 0 aromatic rings. The maximum atomic E-state index is 12.9. The minimum Gasteiger partial charge on any atom is -0.392 e. The number of carbonyl (C=O) groups is 1. The summed E-state index contributed by atoms with van der Waals surface area (Å²) in [7, 11) is -3.19. The Kier molecular flexibility index (Phi) is 4.89. The highest BCUT2D eigenvalue weighted by Crippen LogP contribution is 2.38. The van der Waals surface area contributed by atoms with Gasteiger partial charge in [-0.1, -0.05) is 31.5 Å². The molecule has 2 N–H and O–H groups in total. The van der Waals surface area contributed by atoms with Gasteiger partial charge in [0.1, 0.15) is 0 Å². The van der Waals surface area contributed by atoms with Gasteiger partial charge in [0.05, 0.1) is 16.7 Å². The molecule has 0 bridgehead atoms. The van der Waals surface area contributed by atoms with E-state index < -0.39 is 15.4 Å². The zero-order valence-corrected chi connectivity index (χ0v) is 14.0. The van der Waals surface area contributed by atoms with Gasteiger partial charge in [-0.2, -0.15) is 4.31 Å². The summed E-state index contributed by atoms with van der Waals surface area (Å²) in [5.74, 6) is -0.0112. The van der Waals surface area contributed by atoms with E-state index in [-0.39, 0.29) is 10.9 Å². The number of hydrogen-bond acceptors (Lipinski definition) is 4. The van der Waals surface area contributed by atoms with Crippen LogP contribution < -0.4 is 5.73 Å². The Morgan fingerprint density at radius 3 is 2.05 bits per heavy atom. The van der Waals surface area contributed by atoms with Crippen LogP contribution in [0.15, 0.2) is 0 Å². The van der Waals surface area contributed by atoms with Gasteiger partial charge in [0.25, 0.3) is 0 Å². The van der Waals surface area contributed by atoms with E-state index >= 15 is 0 Å². The molecule has 0 radical (unpaired) electrons. The maximum absolute atomic E-state index is 12.9.